The lowest BCUT2D eigenvalue weighted by atomic mass is 10.1. The number of hydrogen-bond donors (Lipinski definition) is 1. The van der Waals surface area contributed by atoms with E-state index in [2.05, 4.69) is 5.32 Å². The minimum absolute atomic E-state index is 0.215. The van der Waals surface area contributed by atoms with Crippen LogP contribution in [0.4, 0.5) is 5.69 Å². The molecule has 0 aromatic heterocycles. The summed E-state index contributed by atoms with van der Waals surface area (Å²) in [5.74, 6) is 1.30. The molecule has 130 valence electrons. The molecule has 6 heteroatoms. The molecule has 23 heavy (non-hydrogen) atoms. The van der Waals surface area contributed by atoms with E-state index in [1.165, 1.54) is 0 Å². The summed E-state index contributed by atoms with van der Waals surface area (Å²) >= 11 is 0. The fourth-order valence-electron chi connectivity index (χ4n) is 2.81. The van der Waals surface area contributed by atoms with E-state index in [0.717, 1.165) is 30.7 Å². The van der Waals surface area contributed by atoms with E-state index in [4.69, 9.17) is 4.74 Å². The van der Waals surface area contributed by atoms with Crippen molar-refractivity contribution in [3.8, 4) is 5.75 Å². The van der Waals surface area contributed by atoms with Crippen molar-refractivity contribution >= 4 is 15.7 Å². The zero-order valence-electron chi connectivity index (χ0n) is 14.3. The van der Waals surface area contributed by atoms with E-state index in [-0.39, 0.29) is 11.7 Å². The Balaban J connectivity index is 1.88. The molecule has 5 nitrogen and oxygen atoms in total. The van der Waals surface area contributed by atoms with Crippen molar-refractivity contribution in [1.82, 2.24) is 4.31 Å². The lowest BCUT2D eigenvalue weighted by Crippen LogP contribution is -2.43. The van der Waals surface area contributed by atoms with Crippen molar-refractivity contribution in [2.75, 3.05) is 31.3 Å². The third kappa shape index (κ3) is 5.11. The molecule has 0 radical (unpaired) electrons. The number of rotatable bonds is 7. The normalized spacial score (nSPS) is 18.6. The molecule has 1 fully saturated rings. The van der Waals surface area contributed by atoms with E-state index in [1.54, 1.807) is 11.4 Å². The highest BCUT2D eigenvalue weighted by Crippen LogP contribution is 2.22. The third-order valence-corrected chi connectivity index (χ3v) is 6.62. The predicted octanol–water partition coefficient (Wildman–Crippen LogP) is 2.95. The second-order valence-corrected chi connectivity index (χ2v) is 8.36. The van der Waals surface area contributed by atoms with Gasteiger partial charge in [-0.05, 0) is 30.9 Å². The number of benzene rings is 1. The molecule has 0 unspecified atom stereocenters. The van der Waals surface area contributed by atoms with Gasteiger partial charge in [-0.2, -0.15) is 0 Å². The number of nitrogens with one attached hydrogen (secondary N) is 1. The number of nitrogens with zero attached hydrogens (tertiary/aromatic N) is 1. The molecule has 2 rings (SSSR count). The number of sulfonamides is 1. The molecule has 1 N–H and O–H groups in total. The second-order valence-electron chi connectivity index (χ2n) is 6.34. The van der Waals surface area contributed by atoms with Gasteiger partial charge in [0.25, 0.3) is 0 Å². The van der Waals surface area contributed by atoms with E-state index in [0.29, 0.717) is 19.1 Å². The second kappa shape index (κ2) is 8.02. The van der Waals surface area contributed by atoms with Crippen molar-refractivity contribution in [1.29, 1.82) is 0 Å². The Morgan fingerprint density at radius 1 is 1.35 bits per heavy atom. The van der Waals surface area contributed by atoms with Gasteiger partial charge >= 0.3 is 0 Å². The summed E-state index contributed by atoms with van der Waals surface area (Å²) in [6.45, 7) is 5.22. The van der Waals surface area contributed by atoms with Crippen LogP contribution < -0.4 is 10.1 Å². The molecule has 0 amide bonds. The number of methoxy groups -OCH3 is 1. The van der Waals surface area contributed by atoms with Crippen molar-refractivity contribution in [2.45, 2.75) is 39.2 Å². The Bertz CT molecular complexity index is 596. The van der Waals surface area contributed by atoms with Gasteiger partial charge < -0.3 is 10.1 Å². The summed E-state index contributed by atoms with van der Waals surface area (Å²) in [5, 5.41) is 3.48. The Hall–Kier alpha value is -1.27. The van der Waals surface area contributed by atoms with Crippen LogP contribution in [0.15, 0.2) is 24.3 Å². The first-order valence-corrected chi connectivity index (χ1v) is 9.94. The standard InChI is InChI=1S/C17H28N2O3S/c1-4-14(2)13-23(20,21)19-10-8-15(9-11-19)18-16-6-5-7-17(12-16)22-3/h5-7,12,14-15,18H,4,8-11,13H2,1-3H3/t14-/m1/s1. The van der Waals surface area contributed by atoms with Gasteiger partial charge in [-0.15, -0.1) is 0 Å². The van der Waals surface area contributed by atoms with Gasteiger partial charge in [0, 0.05) is 30.9 Å². The smallest absolute Gasteiger partial charge is 0.214 e. The quantitative estimate of drug-likeness (QED) is 0.829. The molecule has 1 heterocycles. The first-order chi connectivity index (χ1) is 10.9. The molecule has 1 aromatic rings. The van der Waals surface area contributed by atoms with Gasteiger partial charge in [-0.1, -0.05) is 26.3 Å². The molecule has 0 saturated carbocycles. The Labute approximate surface area is 140 Å². The summed E-state index contributed by atoms with van der Waals surface area (Å²) in [5.41, 5.74) is 1.02. The van der Waals surface area contributed by atoms with E-state index >= 15 is 0 Å². The molecule has 1 aliphatic heterocycles. The summed E-state index contributed by atoms with van der Waals surface area (Å²) < 4.78 is 31.7. The van der Waals surface area contributed by atoms with Crippen molar-refractivity contribution < 1.29 is 13.2 Å². The van der Waals surface area contributed by atoms with Gasteiger partial charge in [0.2, 0.25) is 10.0 Å². The molecule has 0 spiro atoms. The molecular formula is C17H28N2O3S. The predicted molar refractivity (Wildman–Crippen MR) is 94.5 cm³/mol. The highest BCUT2D eigenvalue weighted by atomic mass is 32.2. The van der Waals surface area contributed by atoms with Gasteiger partial charge in [0.1, 0.15) is 5.75 Å². The third-order valence-electron chi connectivity index (χ3n) is 4.48. The summed E-state index contributed by atoms with van der Waals surface area (Å²) in [7, 11) is -1.46. The van der Waals surface area contributed by atoms with E-state index in [9.17, 15) is 8.42 Å². The average molecular weight is 340 g/mol. The van der Waals surface area contributed by atoms with Crippen molar-refractivity contribution in [3.05, 3.63) is 24.3 Å². The van der Waals surface area contributed by atoms with Crippen LogP contribution in [0.1, 0.15) is 33.1 Å². The monoisotopic (exact) mass is 340 g/mol. The van der Waals surface area contributed by atoms with E-state index in [1.807, 2.05) is 38.1 Å². The highest BCUT2D eigenvalue weighted by molar-refractivity contribution is 7.89. The first-order valence-electron chi connectivity index (χ1n) is 8.33. The number of anilines is 1. The number of hydrogen-bond acceptors (Lipinski definition) is 4. The molecular weight excluding hydrogens is 312 g/mol. The fraction of sp³-hybridized carbons (Fsp3) is 0.647. The topological polar surface area (TPSA) is 58.6 Å². The van der Waals surface area contributed by atoms with Gasteiger partial charge in [0.15, 0.2) is 0 Å². The first kappa shape index (κ1) is 18.1. The number of ether oxygens (including phenoxy) is 1. The Kier molecular flexibility index (Phi) is 6.30. The molecule has 1 saturated heterocycles. The average Bonchev–Trinajstić information content (AvgIpc) is 2.55. The SMILES string of the molecule is CC[C@@H](C)CS(=O)(=O)N1CCC(Nc2cccc(OC)c2)CC1. The van der Waals surface area contributed by atoms with Crippen LogP contribution in [-0.4, -0.2) is 44.7 Å². The van der Waals surface area contributed by atoms with Crippen molar-refractivity contribution in [2.24, 2.45) is 5.92 Å². The van der Waals surface area contributed by atoms with Crippen LogP contribution in [0, 0.1) is 5.92 Å². The minimum atomic E-state index is -3.12. The van der Waals surface area contributed by atoms with Crippen LogP contribution in [0.3, 0.4) is 0 Å². The zero-order chi connectivity index (χ0) is 16.9. The van der Waals surface area contributed by atoms with Crippen LogP contribution in [0.2, 0.25) is 0 Å². The molecule has 1 aliphatic rings. The summed E-state index contributed by atoms with van der Waals surface area (Å²) in [4.78, 5) is 0. The molecule has 0 aliphatic carbocycles. The lowest BCUT2D eigenvalue weighted by Gasteiger charge is -2.32. The van der Waals surface area contributed by atoms with Crippen LogP contribution in [0.5, 0.6) is 5.75 Å². The van der Waals surface area contributed by atoms with Crippen molar-refractivity contribution in [3.63, 3.8) is 0 Å². The van der Waals surface area contributed by atoms with Crippen LogP contribution in [-0.2, 0) is 10.0 Å². The fourth-order valence-corrected chi connectivity index (χ4v) is 4.74. The largest absolute Gasteiger partial charge is 0.497 e. The molecule has 1 atom stereocenters. The maximum atomic E-state index is 12.4. The highest BCUT2D eigenvalue weighted by Gasteiger charge is 2.28. The van der Waals surface area contributed by atoms with Gasteiger partial charge in [-0.25, -0.2) is 12.7 Å². The maximum Gasteiger partial charge on any atom is 0.214 e. The zero-order valence-corrected chi connectivity index (χ0v) is 15.1. The lowest BCUT2D eigenvalue weighted by molar-refractivity contribution is 0.327. The molecule has 0 bridgehead atoms. The summed E-state index contributed by atoms with van der Waals surface area (Å²) in [6.07, 6.45) is 2.56. The van der Waals surface area contributed by atoms with Crippen LogP contribution in [0.25, 0.3) is 0 Å². The van der Waals surface area contributed by atoms with Gasteiger partial charge in [-0.3, -0.25) is 0 Å². The Morgan fingerprint density at radius 3 is 2.65 bits per heavy atom. The summed E-state index contributed by atoms with van der Waals surface area (Å²) in [6, 6.07) is 8.14. The maximum absolute atomic E-state index is 12.4. The van der Waals surface area contributed by atoms with Crippen LogP contribution >= 0.6 is 0 Å². The van der Waals surface area contributed by atoms with Gasteiger partial charge in [0.05, 0.1) is 12.9 Å². The minimum Gasteiger partial charge on any atom is -0.497 e. The van der Waals surface area contributed by atoms with E-state index < -0.39 is 10.0 Å². The Morgan fingerprint density at radius 2 is 2.04 bits per heavy atom. The number of piperidine rings is 1. The molecule has 1 aromatic carbocycles.